The summed E-state index contributed by atoms with van der Waals surface area (Å²) in [5.41, 5.74) is 4.94. The molecule has 2 aromatic carbocycles. The molecule has 2 N–H and O–H groups in total. The maximum atomic E-state index is 12.2. The van der Waals surface area contributed by atoms with Gasteiger partial charge in [-0.15, -0.1) is 0 Å². The van der Waals surface area contributed by atoms with E-state index in [9.17, 15) is 4.79 Å². The lowest BCUT2D eigenvalue weighted by atomic mass is 9.89. The van der Waals surface area contributed by atoms with Crippen LogP contribution in [0, 0.1) is 13.8 Å². The van der Waals surface area contributed by atoms with Gasteiger partial charge in [0, 0.05) is 36.3 Å². The van der Waals surface area contributed by atoms with Gasteiger partial charge in [0.15, 0.2) is 5.11 Å². The van der Waals surface area contributed by atoms with Crippen LogP contribution in [0.5, 0.6) is 5.75 Å². The van der Waals surface area contributed by atoms with Crippen LogP contribution in [-0.2, 0) is 4.79 Å². The molecule has 1 fully saturated rings. The van der Waals surface area contributed by atoms with Crippen molar-refractivity contribution in [2.24, 2.45) is 0 Å². The maximum absolute atomic E-state index is 12.2. The Morgan fingerprint density at radius 1 is 1.20 bits per heavy atom. The monoisotopic (exact) mass is 423 g/mol. The van der Waals surface area contributed by atoms with E-state index in [0.29, 0.717) is 11.5 Å². The number of benzene rings is 2. The third-order valence-corrected chi connectivity index (χ3v) is 5.98. The van der Waals surface area contributed by atoms with Gasteiger partial charge in [-0.25, -0.2) is 0 Å². The highest BCUT2D eigenvalue weighted by atomic mass is 32.1. The van der Waals surface area contributed by atoms with Crippen molar-refractivity contribution in [2.45, 2.75) is 58.6 Å². The van der Waals surface area contributed by atoms with Crippen molar-refractivity contribution in [3.63, 3.8) is 0 Å². The molecule has 30 heavy (non-hydrogen) atoms. The highest BCUT2D eigenvalue weighted by molar-refractivity contribution is 7.80. The smallest absolute Gasteiger partial charge is 0.227 e. The van der Waals surface area contributed by atoms with Crippen LogP contribution >= 0.6 is 12.2 Å². The van der Waals surface area contributed by atoms with E-state index >= 15 is 0 Å². The van der Waals surface area contributed by atoms with E-state index < -0.39 is 0 Å². The molecule has 2 aliphatic rings. The summed E-state index contributed by atoms with van der Waals surface area (Å²) in [4.78, 5) is 14.1. The Morgan fingerprint density at radius 3 is 2.73 bits per heavy atom. The fourth-order valence-corrected chi connectivity index (χ4v) is 4.55. The zero-order valence-electron chi connectivity index (χ0n) is 18.0. The Hall–Kier alpha value is -2.60. The molecule has 0 aromatic heterocycles. The molecule has 0 saturated carbocycles. The molecule has 0 spiro atoms. The molecule has 2 heterocycles. The predicted molar refractivity (Wildman–Crippen MR) is 125 cm³/mol. The fourth-order valence-electron chi connectivity index (χ4n) is 4.29. The highest BCUT2D eigenvalue weighted by Gasteiger charge is 2.34. The van der Waals surface area contributed by atoms with Crippen LogP contribution in [0.15, 0.2) is 36.4 Å². The second kappa shape index (κ2) is 7.91. The van der Waals surface area contributed by atoms with Crippen molar-refractivity contribution < 1.29 is 9.53 Å². The van der Waals surface area contributed by atoms with Gasteiger partial charge in [-0.1, -0.05) is 18.2 Å². The molecule has 158 valence electrons. The van der Waals surface area contributed by atoms with E-state index in [1.165, 1.54) is 5.56 Å². The lowest BCUT2D eigenvalue weighted by Gasteiger charge is -2.38. The second-order valence-corrected chi connectivity index (χ2v) is 9.32. The molecular weight excluding hydrogens is 394 g/mol. The molecule has 6 heteroatoms. The van der Waals surface area contributed by atoms with Gasteiger partial charge >= 0.3 is 0 Å². The average molecular weight is 424 g/mol. The van der Waals surface area contributed by atoms with Crippen LogP contribution in [0.3, 0.4) is 0 Å². The van der Waals surface area contributed by atoms with Gasteiger partial charge in [-0.05, 0) is 75.7 Å². The number of nitrogens with zero attached hydrogens (tertiary/aromatic N) is 1. The third-order valence-electron chi connectivity index (χ3n) is 5.76. The minimum absolute atomic E-state index is 0.0643. The standard InChI is InChI=1S/C24H29N3O2S/c1-15-7-10-18-19(14-24(3,4)29-21(18)12-15)26-23(30)25-17-9-8-16(2)20(13-17)27-11-5-6-22(27)28/h7-10,12-13,19H,5-6,11,14H2,1-4H3,(H2,25,26,30)/t19-/m0/s1. The van der Waals surface area contributed by atoms with Crippen molar-refractivity contribution in [3.05, 3.63) is 53.1 Å². The summed E-state index contributed by atoms with van der Waals surface area (Å²) in [6.07, 6.45) is 2.34. The molecule has 1 saturated heterocycles. The molecular formula is C24H29N3O2S. The van der Waals surface area contributed by atoms with Gasteiger partial charge in [0.2, 0.25) is 5.91 Å². The van der Waals surface area contributed by atoms with Gasteiger partial charge in [0.05, 0.1) is 6.04 Å². The fraction of sp³-hybridized carbons (Fsp3) is 0.417. The Kier molecular flexibility index (Phi) is 5.45. The summed E-state index contributed by atoms with van der Waals surface area (Å²) in [5.74, 6) is 1.10. The molecule has 0 bridgehead atoms. The Bertz CT molecular complexity index is 1000. The van der Waals surface area contributed by atoms with Crippen molar-refractivity contribution >= 4 is 34.6 Å². The largest absolute Gasteiger partial charge is 0.487 e. The zero-order valence-corrected chi connectivity index (χ0v) is 18.9. The van der Waals surface area contributed by atoms with Gasteiger partial charge in [0.25, 0.3) is 0 Å². The molecule has 4 rings (SSSR count). The summed E-state index contributed by atoms with van der Waals surface area (Å²) in [7, 11) is 0. The number of ether oxygens (including phenoxy) is 1. The maximum Gasteiger partial charge on any atom is 0.227 e. The predicted octanol–water partition coefficient (Wildman–Crippen LogP) is 5.02. The molecule has 5 nitrogen and oxygen atoms in total. The van der Waals surface area contributed by atoms with Crippen LogP contribution < -0.4 is 20.3 Å². The molecule has 0 aliphatic carbocycles. The first-order valence-corrected chi connectivity index (χ1v) is 10.9. The number of carbonyl (C=O) groups excluding carboxylic acids is 1. The van der Waals surface area contributed by atoms with E-state index in [1.54, 1.807) is 0 Å². The number of nitrogens with one attached hydrogen (secondary N) is 2. The van der Waals surface area contributed by atoms with E-state index in [0.717, 1.165) is 47.6 Å². The van der Waals surface area contributed by atoms with Gasteiger partial charge < -0.3 is 20.3 Å². The van der Waals surface area contributed by atoms with Gasteiger partial charge in [-0.2, -0.15) is 0 Å². The summed E-state index contributed by atoms with van der Waals surface area (Å²) < 4.78 is 6.19. The SMILES string of the molecule is Cc1ccc2c(c1)OC(C)(C)C[C@@H]2NC(=S)Nc1ccc(C)c(N2CCCC2=O)c1. The lowest BCUT2D eigenvalue weighted by molar-refractivity contribution is -0.117. The van der Waals surface area contributed by atoms with Gasteiger partial charge in [0.1, 0.15) is 11.4 Å². The van der Waals surface area contributed by atoms with E-state index in [-0.39, 0.29) is 17.6 Å². The zero-order chi connectivity index (χ0) is 21.5. The minimum Gasteiger partial charge on any atom is -0.487 e. The first-order chi connectivity index (χ1) is 14.2. The van der Waals surface area contributed by atoms with Crippen molar-refractivity contribution in [1.29, 1.82) is 0 Å². The normalized spacial score (nSPS) is 19.8. The van der Waals surface area contributed by atoms with Crippen LogP contribution in [0.1, 0.15) is 55.8 Å². The lowest BCUT2D eigenvalue weighted by Crippen LogP contribution is -2.42. The Balaban J connectivity index is 1.51. The number of fused-ring (bicyclic) bond motifs is 1. The number of aryl methyl sites for hydroxylation is 2. The van der Waals surface area contributed by atoms with Crippen LogP contribution in [0.2, 0.25) is 0 Å². The van der Waals surface area contributed by atoms with Crippen molar-refractivity contribution in [1.82, 2.24) is 5.32 Å². The third kappa shape index (κ3) is 4.29. The molecule has 1 atom stereocenters. The number of thiocarbonyl (C=S) groups is 1. The van der Waals surface area contributed by atoms with Crippen molar-refractivity contribution in [2.75, 3.05) is 16.8 Å². The molecule has 2 aliphatic heterocycles. The average Bonchev–Trinajstić information content (AvgIpc) is 3.07. The van der Waals surface area contributed by atoms with Crippen LogP contribution in [0.4, 0.5) is 11.4 Å². The number of rotatable bonds is 3. The van der Waals surface area contributed by atoms with Gasteiger partial charge in [-0.3, -0.25) is 4.79 Å². The minimum atomic E-state index is -0.277. The quantitative estimate of drug-likeness (QED) is 0.679. The molecule has 1 amide bonds. The molecule has 0 unspecified atom stereocenters. The number of carbonyl (C=O) groups is 1. The first-order valence-electron chi connectivity index (χ1n) is 10.5. The number of anilines is 2. The van der Waals surface area contributed by atoms with E-state index in [4.69, 9.17) is 17.0 Å². The number of hydrogen-bond donors (Lipinski definition) is 2. The summed E-state index contributed by atoms with van der Waals surface area (Å²) in [6, 6.07) is 12.4. The van der Waals surface area contributed by atoms with Crippen LogP contribution in [0.25, 0.3) is 0 Å². The summed E-state index contributed by atoms with van der Waals surface area (Å²) in [6.45, 7) is 9.08. The molecule has 0 radical (unpaired) electrons. The van der Waals surface area contributed by atoms with E-state index in [1.807, 2.05) is 30.0 Å². The summed E-state index contributed by atoms with van der Waals surface area (Å²) in [5, 5.41) is 7.34. The highest BCUT2D eigenvalue weighted by Crippen LogP contribution is 2.40. The number of amides is 1. The Morgan fingerprint density at radius 2 is 2.00 bits per heavy atom. The summed E-state index contributed by atoms with van der Waals surface area (Å²) >= 11 is 5.64. The first kappa shape index (κ1) is 20.7. The van der Waals surface area contributed by atoms with Crippen molar-refractivity contribution in [3.8, 4) is 5.75 Å². The number of hydrogen-bond acceptors (Lipinski definition) is 3. The topological polar surface area (TPSA) is 53.6 Å². The second-order valence-electron chi connectivity index (χ2n) is 8.91. The molecule has 2 aromatic rings. The van der Waals surface area contributed by atoms with E-state index in [2.05, 4.69) is 49.6 Å². The van der Waals surface area contributed by atoms with Crippen LogP contribution in [-0.4, -0.2) is 23.2 Å². The Labute approximate surface area is 183 Å².